The summed E-state index contributed by atoms with van der Waals surface area (Å²) in [4.78, 5) is 13.8. The number of benzene rings is 2. The Bertz CT molecular complexity index is 723. The minimum absolute atomic E-state index is 0.166. The molecular weight excluding hydrogens is 295 g/mol. The zero-order valence-corrected chi connectivity index (χ0v) is 13.0. The summed E-state index contributed by atoms with van der Waals surface area (Å²) in [5.74, 6) is -0.160. The van der Waals surface area contributed by atoms with Crippen molar-refractivity contribution in [3.8, 4) is 11.8 Å². The first kappa shape index (κ1) is 16.5. The highest BCUT2D eigenvalue weighted by molar-refractivity contribution is 5.78. The number of carbonyl (C=O) groups is 1. The molecule has 23 heavy (non-hydrogen) atoms. The maximum atomic E-state index is 13.0. The van der Waals surface area contributed by atoms with Crippen LogP contribution in [0.2, 0.25) is 0 Å². The van der Waals surface area contributed by atoms with Gasteiger partial charge in [-0.2, -0.15) is 5.26 Å². The third kappa shape index (κ3) is 4.07. The van der Waals surface area contributed by atoms with E-state index in [-0.39, 0.29) is 24.4 Å². The number of nitrogens with zero attached hydrogens (tertiary/aromatic N) is 2. The highest BCUT2D eigenvalue weighted by Gasteiger charge is 2.18. The van der Waals surface area contributed by atoms with E-state index < -0.39 is 0 Å². The molecule has 0 spiro atoms. The largest absolute Gasteiger partial charge is 0.482 e. The van der Waals surface area contributed by atoms with Crippen LogP contribution >= 0.6 is 0 Å². The Morgan fingerprint density at radius 2 is 1.91 bits per heavy atom. The molecule has 2 aromatic rings. The minimum Gasteiger partial charge on any atom is -0.482 e. The maximum Gasteiger partial charge on any atom is 0.260 e. The molecule has 0 unspecified atom stereocenters. The van der Waals surface area contributed by atoms with Crippen LogP contribution in [0.3, 0.4) is 0 Å². The summed E-state index contributed by atoms with van der Waals surface area (Å²) < 4.78 is 18.4. The number of nitriles is 1. The van der Waals surface area contributed by atoms with Crippen LogP contribution in [0.4, 0.5) is 4.39 Å². The van der Waals surface area contributed by atoms with Crippen molar-refractivity contribution in [3.63, 3.8) is 0 Å². The van der Waals surface area contributed by atoms with E-state index in [0.717, 1.165) is 5.56 Å². The SMILES string of the molecule is C[C@H](c1ccc(F)cc1)N(C)C(=O)COc1ccccc1C#N. The number of likely N-dealkylation sites (N-methyl/N-ethyl adjacent to an activating group) is 1. The van der Waals surface area contributed by atoms with Crippen molar-refractivity contribution >= 4 is 5.91 Å². The molecule has 0 saturated carbocycles. The lowest BCUT2D eigenvalue weighted by molar-refractivity contribution is -0.134. The van der Waals surface area contributed by atoms with E-state index in [9.17, 15) is 9.18 Å². The predicted molar refractivity (Wildman–Crippen MR) is 84.2 cm³/mol. The molecule has 4 nitrogen and oxygen atoms in total. The van der Waals surface area contributed by atoms with Gasteiger partial charge in [0.1, 0.15) is 17.6 Å². The van der Waals surface area contributed by atoms with Crippen molar-refractivity contribution in [2.45, 2.75) is 13.0 Å². The third-order valence-corrected chi connectivity index (χ3v) is 3.69. The first-order valence-electron chi connectivity index (χ1n) is 7.16. The number of carbonyl (C=O) groups excluding carboxylic acids is 1. The van der Waals surface area contributed by atoms with Gasteiger partial charge in [-0.05, 0) is 36.8 Å². The van der Waals surface area contributed by atoms with Crippen molar-refractivity contribution in [3.05, 3.63) is 65.5 Å². The molecule has 0 aromatic heterocycles. The van der Waals surface area contributed by atoms with Gasteiger partial charge in [0.25, 0.3) is 5.91 Å². The molecule has 2 aromatic carbocycles. The van der Waals surface area contributed by atoms with E-state index >= 15 is 0 Å². The molecule has 0 aliphatic rings. The van der Waals surface area contributed by atoms with Crippen molar-refractivity contribution in [1.29, 1.82) is 5.26 Å². The summed E-state index contributed by atoms with van der Waals surface area (Å²) in [5, 5.41) is 9.00. The molecule has 0 N–H and O–H groups in total. The lowest BCUT2D eigenvalue weighted by Crippen LogP contribution is -2.33. The van der Waals surface area contributed by atoms with Gasteiger partial charge in [0.05, 0.1) is 11.6 Å². The first-order chi connectivity index (χ1) is 11.0. The smallest absolute Gasteiger partial charge is 0.260 e. The van der Waals surface area contributed by atoms with Gasteiger partial charge in [-0.3, -0.25) is 4.79 Å². The highest BCUT2D eigenvalue weighted by atomic mass is 19.1. The fourth-order valence-electron chi connectivity index (χ4n) is 2.11. The molecule has 0 aliphatic carbocycles. The molecule has 2 rings (SSSR count). The van der Waals surface area contributed by atoms with Crippen LogP contribution in [0.15, 0.2) is 48.5 Å². The minimum atomic E-state index is -0.314. The number of hydrogen-bond donors (Lipinski definition) is 0. The normalized spacial score (nSPS) is 11.4. The zero-order valence-electron chi connectivity index (χ0n) is 13.0. The second-order valence-electron chi connectivity index (χ2n) is 5.13. The second kappa shape index (κ2) is 7.41. The summed E-state index contributed by atoms with van der Waals surface area (Å²) in [6.45, 7) is 1.69. The molecule has 118 valence electrons. The van der Waals surface area contributed by atoms with Crippen molar-refractivity contribution in [2.24, 2.45) is 0 Å². The average Bonchev–Trinajstić information content (AvgIpc) is 2.59. The van der Waals surface area contributed by atoms with Gasteiger partial charge in [0.15, 0.2) is 6.61 Å². The van der Waals surface area contributed by atoms with Crippen LogP contribution in [0.1, 0.15) is 24.1 Å². The lowest BCUT2D eigenvalue weighted by atomic mass is 10.1. The fourth-order valence-corrected chi connectivity index (χ4v) is 2.11. The maximum absolute atomic E-state index is 13.0. The number of halogens is 1. The third-order valence-electron chi connectivity index (χ3n) is 3.69. The molecule has 1 amide bonds. The summed E-state index contributed by atoms with van der Waals surface area (Å²) in [6.07, 6.45) is 0. The van der Waals surface area contributed by atoms with Gasteiger partial charge >= 0.3 is 0 Å². The molecular formula is C18H17FN2O2. The number of rotatable bonds is 5. The molecule has 0 saturated heterocycles. The van der Waals surface area contributed by atoms with Crippen LogP contribution in [0, 0.1) is 17.1 Å². The van der Waals surface area contributed by atoms with E-state index in [1.165, 1.54) is 17.0 Å². The molecule has 0 aliphatic heterocycles. The first-order valence-corrected chi connectivity index (χ1v) is 7.16. The van der Waals surface area contributed by atoms with Crippen LogP contribution in [-0.4, -0.2) is 24.5 Å². The summed E-state index contributed by atoms with van der Waals surface area (Å²) in [7, 11) is 1.66. The van der Waals surface area contributed by atoms with E-state index in [2.05, 4.69) is 0 Å². The van der Waals surface area contributed by atoms with Gasteiger partial charge in [0.2, 0.25) is 0 Å². The Hall–Kier alpha value is -2.87. The molecule has 0 fully saturated rings. The molecule has 0 heterocycles. The van der Waals surface area contributed by atoms with E-state index in [1.807, 2.05) is 13.0 Å². The predicted octanol–water partition coefficient (Wildman–Crippen LogP) is 3.30. The Labute approximate surface area is 134 Å². The van der Waals surface area contributed by atoms with Crippen LogP contribution in [0.25, 0.3) is 0 Å². The van der Waals surface area contributed by atoms with E-state index in [4.69, 9.17) is 10.00 Å². The second-order valence-corrected chi connectivity index (χ2v) is 5.13. The van der Waals surface area contributed by atoms with E-state index in [1.54, 1.807) is 43.4 Å². The number of hydrogen-bond acceptors (Lipinski definition) is 3. The Morgan fingerprint density at radius 3 is 2.57 bits per heavy atom. The Kier molecular flexibility index (Phi) is 5.32. The fraction of sp³-hybridized carbons (Fsp3) is 0.222. The number of para-hydroxylation sites is 1. The monoisotopic (exact) mass is 312 g/mol. The Balaban J connectivity index is 2.00. The summed E-state index contributed by atoms with van der Waals surface area (Å²) in [6, 6.07) is 14.6. The molecule has 1 atom stereocenters. The van der Waals surface area contributed by atoms with Crippen LogP contribution < -0.4 is 4.74 Å². The van der Waals surface area contributed by atoms with Gasteiger partial charge in [-0.1, -0.05) is 24.3 Å². The standard InChI is InChI=1S/C18H17FN2O2/c1-13(14-7-9-16(19)10-8-14)21(2)18(22)12-23-17-6-4-3-5-15(17)11-20/h3-10,13H,12H2,1-2H3/t13-/m1/s1. The highest BCUT2D eigenvalue weighted by Crippen LogP contribution is 2.20. The number of ether oxygens (including phenoxy) is 1. The van der Waals surface area contributed by atoms with Crippen LogP contribution in [0.5, 0.6) is 5.75 Å². The topological polar surface area (TPSA) is 53.3 Å². The summed E-state index contributed by atoms with van der Waals surface area (Å²) in [5.41, 5.74) is 1.22. The number of amides is 1. The van der Waals surface area contributed by atoms with Gasteiger partial charge in [0, 0.05) is 7.05 Å². The molecule has 0 bridgehead atoms. The lowest BCUT2D eigenvalue weighted by Gasteiger charge is -2.25. The summed E-state index contributed by atoms with van der Waals surface area (Å²) >= 11 is 0. The van der Waals surface area contributed by atoms with Crippen LogP contribution in [-0.2, 0) is 4.79 Å². The van der Waals surface area contributed by atoms with Gasteiger partial charge in [-0.25, -0.2) is 4.39 Å². The quantitative estimate of drug-likeness (QED) is 0.851. The Morgan fingerprint density at radius 1 is 1.26 bits per heavy atom. The average molecular weight is 312 g/mol. The van der Waals surface area contributed by atoms with Crippen molar-refractivity contribution < 1.29 is 13.9 Å². The van der Waals surface area contributed by atoms with Gasteiger partial charge in [-0.15, -0.1) is 0 Å². The molecule has 5 heteroatoms. The van der Waals surface area contributed by atoms with E-state index in [0.29, 0.717) is 11.3 Å². The zero-order chi connectivity index (χ0) is 16.8. The van der Waals surface area contributed by atoms with Crippen molar-refractivity contribution in [2.75, 3.05) is 13.7 Å². The van der Waals surface area contributed by atoms with Gasteiger partial charge < -0.3 is 9.64 Å². The van der Waals surface area contributed by atoms with Crippen molar-refractivity contribution in [1.82, 2.24) is 4.90 Å². The molecule has 0 radical (unpaired) electrons.